The third-order valence-corrected chi connectivity index (χ3v) is 3.07. The first-order valence-corrected chi connectivity index (χ1v) is 5.77. The summed E-state index contributed by atoms with van der Waals surface area (Å²) < 4.78 is 18.0. The largest absolute Gasteiger partial charge is 0.494 e. The maximum Gasteiger partial charge on any atom is 0.165 e. The van der Waals surface area contributed by atoms with Gasteiger partial charge in [0, 0.05) is 23.2 Å². The summed E-state index contributed by atoms with van der Waals surface area (Å²) in [5.74, 6) is -0.0830. The topological polar surface area (TPSA) is 21.3 Å². The molecular weight excluding hydrogens is 225 g/mol. The molecule has 0 fully saturated rings. The zero-order valence-corrected chi connectivity index (χ0v) is 9.68. The lowest BCUT2D eigenvalue weighted by Crippen LogP contribution is -1.98. The Morgan fingerprint density at radius 3 is 2.94 bits per heavy atom. The SMILES string of the molecule is COc1cc(NCc2cccs2)ccc1F. The normalized spacial score (nSPS) is 10.1. The van der Waals surface area contributed by atoms with Crippen LogP contribution in [0.25, 0.3) is 0 Å². The molecule has 0 unspecified atom stereocenters. The Bertz CT molecular complexity index is 456. The van der Waals surface area contributed by atoms with Gasteiger partial charge >= 0.3 is 0 Å². The Kier molecular flexibility index (Phi) is 3.41. The molecule has 0 aliphatic rings. The minimum Gasteiger partial charge on any atom is -0.494 e. The number of ether oxygens (including phenoxy) is 1. The zero-order valence-electron chi connectivity index (χ0n) is 8.87. The van der Waals surface area contributed by atoms with Crippen LogP contribution < -0.4 is 10.1 Å². The van der Waals surface area contributed by atoms with Gasteiger partial charge in [-0.05, 0) is 23.6 Å². The maximum atomic E-state index is 13.1. The monoisotopic (exact) mass is 237 g/mol. The van der Waals surface area contributed by atoms with Crippen molar-refractivity contribution in [3.63, 3.8) is 0 Å². The number of thiophene rings is 1. The Morgan fingerprint density at radius 2 is 2.25 bits per heavy atom. The van der Waals surface area contributed by atoms with Crippen LogP contribution in [0.2, 0.25) is 0 Å². The minimum absolute atomic E-state index is 0.260. The van der Waals surface area contributed by atoms with E-state index < -0.39 is 0 Å². The van der Waals surface area contributed by atoms with E-state index in [2.05, 4.69) is 11.4 Å². The van der Waals surface area contributed by atoms with Crippen LogP contribution in [0.4, 0.5) is 10.1 Å². The average Bonchev–Trinajstić information content (AvgIpc) is 2.81. The number of nitrogens with one attached hydrogen (secondary N) is 1. The highest BCUT2D eigenvalue weighted by molar-refractivity contribution is 7.09. The molecule has 84 valence electrons. The number of methoxy groups -OCH3 is 1. The minimum atomic E-state index is -0.343. The highest BCUT2D eigenvalue weighted by Gasteiger charge is 2.03. The Labute approximate surface area is 97.7 Å². The fourth-order valence-corrected chi connectivity index (χ4v) is 2.02. The van der Waals surface area contributed by atoms with Gasteiger partial charge in [-0.1, -0.05) is 6.07 Å². The van der Waals surface area contributed by atoms with Crippen molar-refractivity contribution in [3.8, 4) is 5.75 Å². The number of rotatable bonds is 4. The lowest BCUT2D eigenvalue weighted by molar-refractivity contribution is 0.387. The molecule has 0 amide bonds. The van der Waals surface area contributed by atoms with E-state index in [1.54, 1.807) is 23.5 Å². The van der Waals surface area contributed by atoms with Gasteiger partial charge in [0.2, 0.25) is 0 Å². The second kappa shape index (κ2) is 4.99. The number of halogens is 1. The Morgan fingerprint density at radius 1 is 1.38 bits per heavy atom. The molecule has 0 aliphatic heterocycles. The van der Waals surface area contributed by atoms with Crippen molar-refractivity contribution < 1.29 is 9.13 Å². The van der Waals surface area contributed by atoms with E-state index in [0.29, 0.717) is 0 Å². The second-order valence-corrected chi connectivity index (χ2v) is 4.31. The number of anilines is 1. The van der Waals surface area contributed by atoms with E-state index in [0.717, 1.165) is 12.2 Å². The molecule has 0 saturated carbocycles. The summed E-state index contributed by atoms with van der Waals surface area (Å²) in [6, 6.07) is 8.81. The fourth-order valence-electron chi connectivity index (χ4n) is 1.37. The average molecular weight is 237 g/mol. The molecule has 2 aromatic rings. The van der Waals surface area contributed by atoms with Crippen molar-refractivity contribution in [1.29, 1.82) is 0 Å². The van der Waals surface area contributed by atoms with Gasteiger partial charge in [-0.15, -0.1) is 11.3 Å². The van der Waals surface area contributed by atoms with Gasteiger partial charge in [0.25, 0.3) is 0 Å². The van der Waals surface area contributed by atoms with E-state index in [-0.39, 0.29) is 11.6 Å². The van der Waals surface area contributed by atoms with Gasteiger partial charge < -0.3 is 10.1 Å². The first-order valence-electron chi connectivity index (χ1n) is 4.89. The van der Waals surface area contributed by atoms with Crippen molar-refractivity contribution in [1.82, 2.24) is 0 Å². The van der Waals surface area contributed by atoms with Gasteiger partial charge in [0.05, 0.1) is 7.11 Å². The molecule has 16 heavy (non-hydrogen) atoms. The quantitative estimate of drug-likeness (QED) is 0.878. The third kappa shape index (κ3) is 2.52. The number of benzene rings is 1. The molecule has 2 nitrogen and oxygen atoms in total. The summed E-state index contributed by atoms with van der Waals surface area (Å²) in [4.78, 5) is 1.24. The van der Waals surface area contributed by atoms with Gasteiger partial charge in [0.15, 0.2) is 11.6 Å². The van der Waals surface area contributed by atoms with E-state index >= 15 is 0 Å². The summed E-state index contributed by atoms with van der Waals surface area (Å²) in [5, 5.41) is 5.24. The lowest BCUT2D eigenvalue weighted by atomic mass is 10.3. The summed E-state index contributed by atoms with van der Waals surface area (Å²) in [7, 11) is 1.46. The molecule has 1 aromatic heterocycles. The summed E-state index contributed by atoms with van der Waals surface area (Å²) >= 11 is 1.69. The number of hydrogen-bond acceptors (Lipinski definition) is 3. The molecule has 1 heterocycles. The molecule has 1 N–H and O–H groups in total. The van der Waals surface area contributed by atoms with E-state index in [1.165, 1.54) is 18.1 Å². The zero-order chi connectivity index (χ0) is 11.4. The molecule has 2 rings (SSSR count). The Hall–Kier alpha value is -1.55. The molecule has 0 radical (unpaired) electrons. The summed E-state index contributed by atoms with van der Waals surface area (Å²) in [6.45, 7) is 0.743. The van der Waals surface area contributed by atoms with Crippen LogP contribution in [0.3, 0.4) is 0 Å². The van der Waals surface area contributed by atoms with Crippen molar-refractivity contribution in [3.05, 3.63) is 46.4 Å². The number of hydrogen-bond donors (Lipinski definition) is 1. The molecule has 0 aliphatic carbocycles. The van der Waals surface area contributed by atoms with Crippen LogP contribution in [0.15, 0.2) is 35.7 Å². The van der Waals surface area contributed by atoms with Crippen LogP contribution in [-0.4, -0.2) is 7.11 Å². The molecule has 0 atom stereocenters. The van der Waals surface area contributed by atoms with Crippen molar-refractivity contribution in [2.45, 2.75) is 6.54 Å². The van der Waals surface area contributed by atoms with Crippen LogP contribution >= 0.6 is 11.3 Å². The maximum absolute atomic E-state index is 13.1. The van der Waals surface area contributed by atoms with Gasteiger partial charge in [-0.2, -0.15) is 0 Å². The fraction of sp³-hybridized carbons (Fsp3) is 0.167. The smallest absolute Gasteiger partial charge is 0.165 e. The van der Waals surface area contributed by atoms with Crippen LogP contribution in [0, 0.1) is 5.82 Å². The summed E-state index contributed by atoms with van der Waals surface area (Å²) in [6.07, 6.45) is 0. The molecule has 0 bridgehead atoms. The molecular formula is C12H12FNOS. The van der Waals surface area contributed by atoms with Gasteiger partial charge in [-0.25, -0.2) is 4.39 Å². The van der Waals surface area contributed by atoms with Crippen LogP contribution in [0.5, 0.6) is 5.75 Å². The standard InChI is InChI=1S/C12H12FNOS/c1-15-12-7-9(4-5-11(12)13)14-8-10-3-2-6-16-10/h2-7,14H,8H2,1H3. The van der Waals surface area contributed by atoms with Crippen LogP contribution in [-0.2, 0) is 6.54 Å². The first-order chi connectivity index (χ1) is 7.79. The van der Waals surface area contributed by atoms with Gasteiger partial charge in [-0.3, -0.25) is 0 Å². The molecule has 0 saturated heterocycles. The van der Waals surface area contributed by atoms with Crippen molar-refractivity contribution >= 4 is 17.0 Å². The molecule has 1 aromatic carbocycles. The summed E-state index contributed by atoms with van der Waals surface area (Å²) in [5.41, 5.74) is 0.853. The predicted octanol–water partition coefficient (Wildman–Crippen LogP) is 3.51. The molecule has 4 heteroatoms. The van der Waals surface area contributed by atoms with E-state index in [9.17, 15) is 4.39 Å². The lowest BCUT2D eigenvalue weighted by Gasteiger charge is -2.07. The van der Waals surface area contributed by atoms with Crippen molar-refractivity contribution in [2.24, 2.45) is 0 Å². The second-order valence-electron chi connectivity index (χ2n) is 3.28. The highest BCUT2D eigenvalue weighted by atomic mass is 32.1. The van der Waals surface area contributed by atoms with E-state index in [4.69, 9.17) is 4.74 Å². The third-order valence-electron chi connectivity index (χ3n) is 2.20. The van der Waals surface area contributed by atoms with Gasteiger partial charge in [0.1, 0.15) is 0 Å². The van der Waals surface area contributed by atoms with Crippen molar-refractivity contribution in [2.75, 3.05) is 12.4 Å². The first kappa shape index (κ1) is 11.0. The predicted molar refractivity (Wildman–Crippen MR) is 64.6 cm³/mol. The highest BCUT2D eigenvalue weighted by Crippen LogP contribution is 2.22. The Balaban J connectivity index is 2.04. The van der Waals surface area contributed by atoms with Crippen LogP contribution in [0.1, 0.15) is 4.88 Å². The molecule has 0 spiro atoms. The van der Waals surface area contributed by atoms with E-state index in [1.807, 2.05) is 11.4 Å².